The quantitative estimate of drug-likeness (QED) is 0.441. The number of hydrogen-bond acceptors (Lipinski definition) is 5. The van der Waals surface area contributed by atoms with Crippen molar-refractivity contribution in [2.45, 2.75) is 26.2 Å². The number of rotatable bonds is 8. The SMILES string of the molecule is CC(=O)CCCCOP(=O)(O)OP(=O)(O)O. The molecule has 0 aromatic rings. The molecule has 0 radical (unpaired) electrons. The molecule has 3 N–H and O–H groups in total. The molecule has 0 amide bonds. The average Bonchev–Trinajstić information content (AvgIpc) is 1.97. The number of ketones is 1. The Morgan fingerprint density at radius 2 is 1.75 bits per heavy atom. The second-order valence-corrected chi connectivity index (χ2v) is 5.86. The maximum absolute atomic E-state index is 10.9. The van der Waals surface area contributed by atoms with Gasteiger partial charge in [-0.05, 0) is 19.8 Å². The zero-order valence-corrected chi connectivity index (χ0v) is 10.4. The van der Waals surface area contributed by atoms with E-state index in [1.807, 2.05) is 0 Å². The summed E-state index contributed by atoms with van der Waals surface area (Å²) in [6, 6.07) is 0. The van der Waals surface area contributed by atoms with Gasteiger partial charge in [-0.15, -0.1) is 0 Å². The van der Waals surface area contributed by atoms with Crippen LogP contribution in [0.4, 0.5) is 0 Å². The van der Waals surface area contributed by atoms with E-state index in [0.29, 0.717) is 19.3 Å². The molecular formula is C6H14O8P2. The van der Waals surface area contributed by atoms with E-state index in [0.717, 1.165) is 0 Å². The molecule has 0 aliphatic carbocycles. The molecule has 0 rings (SSSR count). The maximum atomic E-state index is 10.9. The largest absolute Gasteiger partial charge is 0.481 e. The number of phosphoric acid groups is 2. The molecular weight excluding hydrogens is 262 g/mol. The van der Waals surface area contributed by atoms with Gasteiger partial charge in [0.1, 0.15) is 5.78 Å². The summed E-state index contributed by atoms with van der Waals surface area (Å²) in [5, 5.41) is 0. The minimum Gasteiger partial charge on any atom is -0.302 e. The zero-order valence-electron chi connectivity index (χ0n) is 8.61. The van der Waals surface area contributed by atoms with Crippen molar-refractivity contribution in [3.05, 3.63) is 0 Å². The molecule has 0 heterocycles. The summed E-state index contributed by atoms with van der Waals surface area (Å²) in [6.45, 7) is 1.19. The van der Waals surface area contributed by atoms with Gasteiger partial charge in [-0.2, -0.15) is 4.31 Å². The third-order valence-electron chi connectivity index (χ3n) is 1.39. The van der Waals surface area contributed by atoms with E-state index in [1.165, 1.54) is 6.92 Å². The van der Waals surface area contributed by atoms with E-state index in [9.17, 15) is 13.9 Å². The van der Waals surface area contributed by atoms with Crippen molar-refractivity contribution in [2.24, 2.45) is 0 Å². The molecule has 0 saturated carbocycles. The lowest BCUT2D eigenvalue weighted by Gasteiger charge is -2.11. The molecule has 10 heteroatoms. The molecule has 1 unspecified atom stereocenters. The number of unbranched alkanes of at least 4 members (excludes halogenated alkanes) is 1. The molecule has 0 aliphatic rings. The summed E-state index contributed by atoms with van der Waals surface area (Å²) in [5.41, 5.74) is 0. The predicted octanol–water partition coefficient (Wildman–Crippen LogP) is 0.972. The lowest BCUT2D eigenvalue weighted by Crippen LogP contribution is -1.97. The molecule has 0 aromatic heterocycles. The predicted molar refractivity (Wildman–Crippen MR) is 53.4 cm³/mol. The molecule has 0 saturated heterocycles. The lowest BCUT2D eigenvalue weighted by molar-refractivity contribution is -0.117. The summed E-state index contributed by atoms with van der Waals surface area (Å²) in [4.78, 5) is 35.9. The molecule has 1 atom stereocenters. The van der Waals surface area contributed by atoms with Crippen molar-refractivity contribution >= 4 is 21.4 Å². The summed E-state index contributed by atoms with van der Waals surface area (Å²) >= 11 is 0. The van der Waals surface area contributed by atoms with Gasteiger partial charge in [-0.25, -0.2) is 9.13 Å². The molecule has 0 fully saturated rings. The van der Waals surface area contributed by atoms with Crippen molar-refractivity contribution < 1.29 is 37.4 Å². The normalized spacial score (nSPS) is 15.8. The summed E-state index contributed by atoms with van der Waals surface area (Å²) in [6.07, 6.45) is 1.10. The Balaban J connectivity index is 3.79. The van der Waals surface area contributed by atoms with E-state index < -0.39 is 15.6 Å². The van der Waals surface area contributed by atoms with Crippen LogP contribution in [0.15, 0.2) is 0 Å². The maximum Gasteiger partial charge on any atom is 0.481 e. The highest BCUT2D eigenvalue weighted by atomic mass is 31.3. The molecule has 96 valence electrons. The van der Waals surface area contributed by atoms with Crippen LogP contribution in [-0.4, -0.2) is 27.1 Å². The number of Topliss-reactive ketones (excluding diaryl/α,β-unsaturated/α-hetero) is 1. The van der Waals surface area contributed by atoms with Crippen LogP contribution < -0.4 is 0 Å². The van der Waals surface area contributed by atoms with Crippen molar-refractivity contribution in [2.75, 3.05) is 6.61 Å². The van der Waals surface area contributed by atoms with E-state index >= 15 is 0 Å². The average molecular weight is 276 g/mol. The van der Waals surface area contributed by atoms with Gasteiger partial charge < -0.3 is 19.5 Å². The first-order chi connectivity index (χ1) is 7.12. The number of hydrogen-bond donors (Lipinski definition) is 3. The summed E-state index contributed by atoms with van der Waals surface area (Å²) < 4.78 is 28.9. The standard InChI is InChI=1S/C6H14O8P2/c1-6(7)4-2-3-5-13-16(11,12)14-15(8,9)10/h2-5H2,1H3,(H,11,12)(H2,8,9,10). The molecule has 16 heavy (non-hydrogen) atoms. The second-order valence-electron chi connectivity index (χ2n) is 3.03. The van der Waals surface area contributed by atoms with Gasteiger partial charge in [-0.1, -0.05) is 0 Å². The summed E-state index contributed by atoms with van der Waals surface area (Å²) in [7, 11) is -9.78. The van der Waals surface area contributed by atoms with E-state index in [-0.39, 0.29) is 12.4 Å². The highest BCUT2D eigenvalue weighted by molar-refractivity contribution is 7.60. The third kappa shape index (κ3) is 10.4. The fraction of sp³-hybridized carbons (Fsp3) is 0.833. The number of carbonyl (C=O) groups is 1. The molecule has 0 bridgehead atoms. The zero-order chi connectivity index (χ0) is 12.8. The van der Waals surface area contributed by atoms with Crippen LogP contribution >= 0.6 is 15.6 Å². The van der Waals surface area contributed by atoms with Crippen LogP contribution in [0.2, 0.25) is 0 Å². The first kappa shape index (κ1) is 15.9. The molecule has 0 aliphatic heterocycles. The fourth-order valence-electron chi connectivity index (χ4n) is 0.814. The van der Waals surface area contributed by atoms with Crippen LogP contribution in [0, 0.1) is 0 Å². The Bertz CT molecular complexity index is 320. The van der Waals surface area contributed by atoms with Crippen LogP contribution in [0.25, 0.3) is 0 Å². The minimum atomic E-state index is -5.05. The van der Waals surface area contributed by atoms with Crippen molar-refractivity contribution in [1.29, 1.82) is 0 Å². The van der Waals surface area contributed by atoms with Gasteiger partial charge in [0.05, 0.1) is 6.61 Å². The van der Waals surface area contributed by atoms with E-state index in [4.69, 9.17) is 14.7 Å². The first-order valence-electron chi connectivity index (χ1n) is 4.36. The second kappa shape index (κ2) is 6.61. The van der Waals surface area contributed by atoms with Crippen molar-refractivity contribution in [3.8, 4) is 0 Å². The van der Waals surface area contributed by atoms with Crippen LogP contribution in [0.3, 0.4) is 0 Å². The smallest absolute Gasteiger partial charge is 0.302 e. The van der Waals surface area contributed by atoms with Gasteiger partial charge in [-0.3, -0.25) is 4.52 Å². The van der Waals surface area contributed by atoms with Crippen LogP contribution in [-0.2, 0) is 22.8 Å². The fourth-order valence-corrected chi connectivity index (χ4v) is 2.44. The molecule has 8 nitrogen and oxygen atoms in total. The molecule has 0 aromatic carbocycles. The Morgan fingerprint density at radius 3 is 2.19 bits per heavy atom. The Kier molecular flexibility index (Phi) is 6.58. The van der Waals surface area contributed by atoms with Gasteiger partial charge in [0.2, 0.25) is 0 Å². The number of phosphoric ester groups is 1. The van der Waals surface area contributed by atoms with Crippen molar-refractivity contribution in [3.63, 3.8) is 0 Å². The van der Waals surface area contributed by atoms with Gasteiger partial charge in [0.25, 0.3) is 0 Å². The van der Waals surface area contributed by atoms with E-state index in [1.54, 1.807) is 0 Å². The summed E-state index contributed by atoms with van der Waals surface area (Å²) in [5.74, 6) is -0.0151. The first-order valence-corrected chi connectivity index (χ1v) is 7.38. The Labute approximate surface area is 92.4 Å². The van der Waals surface area contributed by atoms with Crippen molar-refractivity contribution in [1.82, 2.24) is 0 Å². The molecule has 0 spiro atoms. The Hall–Kier alpha value is -0.0700. The number of carbonyl (C=O) groups excluding carboxylic acids is 1. The highest BCUT2D eigenvalue weighted by Gasteiger charge is 2.31. The van der Waals surface area contributed by atoms with Gasteiger partial charge >= 0.3 is 15.6 Å². The van der Waals surface area contributed by atoms with Gasteiger partial charge in [0.15, 0.2) is 0 Å². The van der Waals surface area contributed by atoms with Gasteiger partial charge in [0, 0.05) is 6.42 Å². The van der Waals surface area contributed by atoms with E-state index in [2.05, 4.69) is 8.83 Å². The van der Waals surface area contributed by atoms with Crippen LogP contribution in [0.1, 0.15) is 26.2 Å². The third-order valence-corrected chi connectivity index (χ3v) is 3.57. The lowest BCUT2D eigenvalue weighted by atomic mass is 10.2. The van der Waals surface area contributed by atoms with Crippen LogP contribution in [0.5, 0.6) is 0 Å². The topological polar surface area (TPSA) is 130 Å². The minimum absolute atomic E-state index is 0.0151. The highest BCUT2D eigenvalue weighted by Crippen LogP contribution is 2.57. The Morgan fingerprint density at radius 1 is 1.19 bits per heavy atom. The monoisotopic (exact) mass is 276 g/mol.